The maximum atomic E-state index is 12.8. The van der Waals surface area contributed by atoms with Crippen LogP contribution in [0.25, 0.3) is 11.3 Å². The lowest BCUT2D eigenvalue weighted by Crippen LogP contribution is -2.06. The van der Waals surface area contributed by atoms with Crippen LogP contribution < -0.4 is 0 Å². The first-order valence-corrected chi connectivity index (χ1v) is 10.1. The highest BCUT2D eigenvalue weighted by Crippen LogP contribution is 2.36. The highest BCUT2D eigenvalue weighted by Gasteiger charge is 2.27. The Balaban J connectivity index is 2.00. The van der Waals surface area contributed by atoms with Gasteiger partial charge in [0.15, 0.2) is 0 Å². The zero-order valence-electron chi connectivity index (χ0n) is 16.7. The molecule has 0 saturated heterocycles. The summed E-state index contributed by atoms with van der Waals surface area (Å²) in [6.07, 6.45) is 9.77. The van der Waals surface area contributed by atoms with E-state index in [1.165, 1.54) is 0 Å². The van der Waals surface area contributed by atoms with Crippen LogP contribution in [0.15, 0.2) is 84.5 Å². The van der Waals surface area contributed by atoms with Crippen LogP contribution in [-0.2, 0) is 14.3 Å². The molecule has 1 aliphatic rings. The lowest BCUT2D eigenvalue weighted by Gasteiger charge is -2.18. The molecule has 0 saturated carbocycles. The number of benzene rings is 2. The molecule has 0 unspecified atom stereocenters. The Bertz CT molecular complexity index is 921. The minimum absolute atomic E-state index is 0.304. The van der Waals surface area contributed by atoms with Gasteiger partial charge < -0.3 is 4.74 Å². The van der Waals surface area contributed by atoms with Gasteiger partial charge in [-0.1, -0.05) is 86.5 Å². The first-order valence-electron chi connectivity index (χ1n) is 10.1. The number of hydrogen-bond donors (Lipinski definition) is 0. The van der Waals surface area contributed by atoms with E-state index in [0.717, 1.165) is 48.7 Å². The van der Waals surface area contributed by atoms with Crippen molar-refractivity contribution in [3.05, 3.63) is 95.6 Å². The minimum atomic E-state index is -0.304. The molecular formula is C26H26O3. The zero-order valence-corrected chi connectivity index (χ0v) is 16.7. The van der Waals surface area contributed by atoms with Crippen LogP contribution in [0.2, 0.25) is 0 Å². The Morgan fingerprint density at radius 3 is 2.38 bits per heavy atom. The average molecular weight is 386 g/mol. The molecule has 1 aliphatic heterocycles. The van der Waals surface area contributed by atoms with Gasteiger partial charge in [0.05, 0.1) is 5.57 Å². The molecule has 0 N–H and O–H groups in total. The number of carbonyl (C=O) groups is 2. The van der Waals surface area contributed by atoms with Gasteiger partial charge in [0.2, 0.25) is 0 Å². The second kappa shape index (κ2) is 10.4. The minimum Gasteiger partial charge on any atom is -0.422 e. The quantitative estimate of drug-likeness (QED) is 0.302. The number of aldehydes is 1. The molecule has 0 spiro atoms. The third kappa shape index (κ3) is 5.41. The average Bonchev–Trinajstić information content (AvgIpc) is 3.14. The van der Waals surface area contributed by atoms with Crippen molar-refractivity contribution < 1.29 is 14.3 Å². The summed E-state index contributed by atoms with van der Waals surface area (Å²) >= 11 is 0. The van der Waals surface area contributed by atoms with E-state index >= 15 is 0 Å². The summed E-state index contributed by atoms with van der Waals surface area (Å²) in [5.41, 5.74) is 3.54. The van der Waals surface area contributed by atoms with E-state index in [2.05, 4.69) is 6.92 Å². The molecule has 1 heterocycles. The van der Waals surface area contributed by atoms with Crippen molar-refractivity contribution in [1.82, 2.24) is 0 Å². The monoisotopic (exact) mass is 386 g/mol. The van der Waals surface area contributed by atoms with Gasteiger partial charge in [-0.15, -0.1) is 0 Å². The summed E-state index contributed by atoms with van der Waals surface area (Å²) in [6.45, 7) is 2.16. The molecule has 3 heteroatoms. The van der Waals surface area contributed by atoms with Gasteiger partial charge in [-0.05, 0) is 42.0 Å². The molecule has 3 nitrogen and oxygen atoms in total. The summed E-state index contributed by atoms with van der Waals surface area (Å²) in [4.78, 5) is 23.4. The SMILES string of the molecule is CCC[C@H](C/C=C/C=O)C/C(=C1/C=C(c2ccccc2)OC1=O)c1ccccc1. The highest BCUT2D eigenvalue weighted by atomic mass is 16.5. The fourth-order valence-corrected chi connectivity index (χ4v) is 3.68. The second-order valence-electron chi connectivity index (χ2n) is 7.18. The third-order valence-electron chi connectivity index (χ3n) is 5.08. The summed E-state index contributed by atoms with van der Waals surface area (Å²) in [5, 5.41) is 0. The number of hydrogen-bond acceptors (Lipinski definition) is 3. The van der Waals surface area contributed by atoms with E-state index in [4.69, 9.17) is 4.74 Å². The fourth-order valence-electron chi connectivity index (χ4n) is 3.68. The Morgan fingerprint density at radius 1 is 1.03 bits per heavy atom. The molecule has 1 atom stereocenters. The van der Waals surface area contributed by atoms with Gasteiger partial charge in [-0.2, -0.15) is 0 Å². The van der Waals surface area contributed by atoms with Crippen LogP contribution in [0.3, 0.4) is 0 Å². The lowest BCUT2D eigenvalue weighted by atomic mass is 9.86. The third-order valence-corrected chi connectivity index (χ3v) is 5.08. The van der Waals surface area contributed by atoms with Crippen LogP contribution in [0.1, 0.15) is 43.7 Å². The maximum absolute atomic E-state index is 12.8. The number of carbonyl (C=O) groups excluding carboxylic acids is 2. The van der Waals surface area contributed by atoms with Crippen molar-refractivity contribution >= 4 is 23.6 Å². The second-order valence-corrected chi connectivity index (χ2v) is 7.18. The van der Waals surface area contributed by atoms with Crippen LogP contribution >= 0.6 is 0 Å². The van der Waals surface area contributed by atoms with Gasteiger partial charge in [0.1, 0.15) is 12.0 Å². The first kappa shape index (κ1) is 20.5. The number of rotatable bonds is 9. The Morgan fingerprint density at radius 2 is 1.72 bits per heavy atom. The van der Waals surface area contributed by atoms with Gasteiger partial charge in [0, 0.05) is 5.56 Å². The highest BCUT2D eigenvalue weighted by molar-refractivity contribution is 6.07. The molecular weight excluding hydrogens is 360 g/mol. The summed E-state index contributed by atoms with van der Waals surface area (Å²) in [5.74, 6) is 0.634. The predicted octanol–water partition coefficient (Wildman–Crippen LogP) is 5.99. The van der Waals surface area contributed by atoms with E-state index < -0.39 is 0 Å². The molecule has 0 radical (unpaired) electrons. The van der Waals surface area contributed by atoms with Crippen molar-refractivity contribution in [2.75, 3.05) is 0 Å². The van der Waals surface area contributed by atoms with E-state index in [9.17, 15) is 9.59 Å². The van der Waals surface area contributed by atoms with Crippen LogP contribution in [0.5, 0.6) is 0 Å². The first-order chi connectivity index (χ1) is 14.2. The van der Waals surface area contributed by atoms with E-state index in [1.807, 2.05) is 72.8 Å². The zero-order chi connectivity index (χ0) is 20.5. The van der Waals surface area contributed by atoms with E-state index in [-0.39, 0.29) is 5.97 Å². The fraction of sp³-hybridized carbons (Fsp3) is 0.231. The number of ether oxygens (including phenoxy) is 1. The molecule has 148 valence electrons. The van der Waals surface area contributed by atoms with Crippen LogP contribution in [-0.4, -0.2) is 12.3 Å². The summed E-state index contributed by atoms with van der Waals surface area (Å²) in [6, 6.07) is 19.7. The molecule has 0 bridgehead atoms. The summed E-state index contributed by atoms with van der Waals surface area (Å²) < 4.78 is 5.61. The smallest absolute Gasteiger partial charge is 0.343 e. The van der Waals surface area contributed by atoms with Crippen LogP contribution in [0, 0.1) is 5.92 Å². The molecule has 0 aliphatic carbocycles. The van der Waals surface area contributed by atoms with Gasteiger partial charge in [-0.3, -0.25) is 4.79 Å². The Kier molecular flexibility index (Phi) is 7.34. The molecule has 0 amide bonds. The molecule has 0 fully saturated rings. The maximum Gasteiger partial charge on any atom is 0.343 e. The van der Waals surface area contributed by atoms with Crippen molar-refractivity contribution in [2.45, 2.75) is 32.6 Å². The van der Waals surface area contributed by atoms with Crippen LogP contribution in [0.4, 0.5) is 0 Å². The van der Waals surface area contributed by atoms with Crippen molar-refractivity contribution in [1.29, 1.82) is 0 Å². The topological polar surface area (TPSA) is 43.4 Å². The summed E-state index contributed by atoms with van der Waals surface area (Å²) in [7, 11) is 0. The molecule has 0 aromatic heterocycles. The molecule has 2 aromatic carbocycles. The van der Waals surface area contributed by atoms with Gasteiger partial charge in [0.25, 0.3) is 0 Å². The van der Waals surface area contributed by atoms with E-state index in [1.54, 1.807) is 6.08 Å². The largest absolute Gasteiger partial charge is 0.422 e. The Hall–Kier alpha value is -3.20. The molecule has 3 rings (SSSR count). The molecule has 29 heavy (non-hydrogen) atoms. The van der Waals surface area contributed by atoms with Crippen molar-refractivity contribution in [3.8, 4) is 0 Å². The van der Waals surface area contributed by atoms with Gasteiger partial charge >= 0.3 is 5.97 Å². The van der Waals surface area contributed by atoms with Gasteiger partial charge in [-0.25, -0.2) is 4.79 Å². The number of allylic oxidation sites excluding steroid dienone is 3. The lowest BCUT2D eigenvalue weighted by molar-refractivity contribution is -0.130. The predicted molar refractivity (Wildman–Crippen MR) is 117 cm³/mol. The standard InChI is InChI=1S/C26H26O3/c1-2-11-20(12-9-10-17-27)18-23(21-13-5-3-6-14-21)24-19-25(29-26(24)28)22-15-7-4-8-16-22/h3-10,13-17,19-20H,2,11-12,18H2,1H3/b10-9+,24-23+/t20-/m1/s1. The van der Waals surface area contributed by atoms with E-state index in [0.29, 0.717) is 17.3 Å². The van der Waals surface area contributed by atoms with Crippen molar-refractivity contribution in [3.63, 3.8) is 0 Å². The normalized spacial score (nSPS) is 16.4. The van der Waals surface area contributed by atoms with Crippen molar-refractivity contribution in [2.24, 2.45) is 5.92 Å². The number of cyclic esters (lactones) is 1. The number of esters is 1. The Labute approximate surface area is 172 Å². The molecule has 2 aromatic rings.